The van der Waals surface area contributed by atoms with E-state index in [2.05, 4.69) is 10.3 Å². The molecule has 2 saturated heterocycles. The highest BCUT2D eigenvalue weighted by atomic mass is 19.1. The number of aromatic nitrogens is 1. The molecule has 2 aliphatic heterocycles. The van der Waals surface area contributed by atoms with Crippen molar-refractivity contribution in [3.8, 4) is 0 Å². The lowest BCUT2D eigenvalue weighted by molar-refractivity contribution is -0.343. The maximum atomic E-state index is 15.3. The summed E-state index contributed by atoms with van der Waals surface area (Å²) in [6.07, 6.45) is -7.17. The van der Waals surface area contributed by atoms with Gasteiger partial charge in [0.05, 0.1) is 24.4 Å². The number of pyridine rings is 1. The van der Waals surface area contributed by atoms with Crippen molar-refractivity contribution < 1.29 is 62.5 Å². The van der Waals surface area contributed by atoms with Gasteiger partial charge < -0.3 is 54.0 Å². The Morgan fingerprint density at radius 1 is 1.05 bits per heavy atom. The van der Waals surface area contributed by atoms with Crippen molar-refractivity contribution >= 4 is 18.0 Å². The molecule has 3 aliphatic carbocycles. The van der Waals surface area contributed by atoms with Crippen LogP contribution in [0.4, 0.5) is 9.18 Å². The molecule has 16 heteroatoms. The maximum absolute atomic E-state index is 15.3. The van der Waals surface area contributed by atoms with Crippen molar-refractivity contribution in [2.75, 3.05) is 27.2 Å². The summed E-state index contributed by atoms with van der Waals surface area (Å²) in [6.45, 7) is 12.4. The van der Waals surface area contributed by atoms with Crippen LogP contribution in [0.1, 0.15) is 89.8 Å². The van der Waals surface area contributed by atoms with E-state index < -0.39 is 112 Å². The Bertz CT molecular complexity index is 2010. The van der Waals surface area contributed by atoms with E-state index in [1.54, 1.807) is 71.9 Å². The van der Waals surface area contributed by atoms with Gasteiger partial charge in [-0.15, -0.1) is 0 Å². The number of halogens is 1. The first kappa shape index (κ1) is 44.0. The van der Waals surface area contributed by atoms with Gasteiger partial charge >= 0.3 is 18.0 Å². The summed E-state index contributed by atoms with van der Waals surface area (Å²) in [6, 6.07) is 8.94. The van der Waals surface area contributed by atoms with E-state index >= 15 is 4.39 Å². The summed E-state index contributed by atoms with van der Waals surface area (Å²) in [5.74, 6) is -3.91. The fraction of sp³-hybridized carbons (Fsp3) is 0.636. The minimum absolute atomic E-state index is 0.0877. The van der Waals surface area contributed by atoms with Crippen molar-refractivity contribution in [2.45, 2.75) is 133 Å². The van der Waals surface area contributed by atoms with E-state index in [4.69, 9.17) is 28.4 Å². The molecule has 1 aromatic heterocycles. The van der Waals surface area contributed by atoms with Crippen LogP contribution < -0.4 is 5.32 Å². The number of esters is 2. The highest BCUT2D eigenvalue weighted by Gasteiger charge is 2.75. The van der Waals surface area contributed by atoms with E-state index in [0.29, 0.717) is 30.5 Å². The zero-order chi connectivity index (χ0) is 43.7. The van der Waals surface area contributed by atoms with Gasteiger partial charge in [-0.05, 0) is 90.0 Å². The quantitative estimate of drug-likeness (QED) is 0.161. The van der Waals surface area contributed by atoms with E-state index in [1.807, 2.05) is 25.9 Å². The number of carbonyl (C=O) groups is 3. The molecule has 0 spiro atoms. The van der Waals surface area contributed by atoms with E-state index in [0.717, 1.165) is 6.07 Å². The third-order valence-corrected chi connectivity index (χ3v) is 13.3. The second-order valence-corrected chi connectivity index (χ2v) is 19.0. The fourth-order valence-electron chi connectivity index (χ4n) is 10.4. The molecule has 15 nitrogen and oxygen atoms in total. The molecule has 328 valence electrons. The summed E-state index contributed by atoms with van der Waals surface area (Å²) < 4.78 is 52.8. The number of rotatable bonds is 9. The normalized spacial score (nSPS) is 35.3. The van der Waals surface area contributed by atoms with E-state index in [1.165, 1.54) is 12.3 Å². The summed E-state index contributed by atoms with van der Waals surface area (Å²) in [7, 11) is 3.76. The van der Waals surface area contributed by atoms with Crippen LogP contribution in [-0.2, 0) is 33.2 Å². The highest BCUT2D eigenvalue weighted by molar-refractivity contribution is 5.89. The lowest BCUT2D eigenvalue weighted by Crippen LogP contribution is -2.79. The average Bonchev–Trinajstić information content (AvgIpc) is 3.56. The van der Waals surface area contributed by atoms with Gasteiger partial charge in [0.1, 0.15) is 52.7 Å². The van der Waals surface area contributed by atoms with Crippen molar-refractivity contribution in [2.24, 2.45) is 16.7 Å². The van der Waals surface area contributed by atoms with E-state index in [9.17, 15) is 29.7 Å². The number of aliphatic hydroxyl groups excluding tert-OH is 1. The molecule has 4 fully saturated rings. The largest absolute Gasteiger partial charge is 0.456 e. The number of amides is 1. The Kier molecular flexibility index (Phi) is 11.5. The van der Waals surface area contributed by atoms with Crippen LogP contribution in [0.15, 0.2) is 59.8 Å². The predicted octanol–water partition coefficient (Wildman–Crippen LogP) is 3.99. The number of aliphatic hydroxyl groups is 3. The highest BCUT2D eigenvalue weighted by Crippen LogP contribution is 2.66. The lowest BCUT2D eigenvalue weighted by Gasteiger charge is -2.67. The summed E-state index contributed by atoms with van der Waals surface area (Å²) in [5, 5.41) is 40.4. The van der Waals surface area contributed by atoms with Crippen molar-refractivity contribution in [1.29, 1.82) is 0 Å². The fourth-order valence-corrected chi connectivity index (χ4v) is 10.4. The number of likely N-dealkylation sites (N-methyl/N-ethyl adjacent to an activating group) is 1. The second-order valence-electron chi connectivity index (χ2n) is 19.0. The SMILES string of the molecule is CC1=C2[C@H]3O[C@@H](CN(C)C)O[C@H]3[C@]3(C)CC[C@H]4OC[C@@]4(O)[C@H]3[C@H](OC(=O)c3ccccc3)[C@](O)(C[C@@H]1OC(=O)[C@H](O)[C@@H](NC(=O)OC(C)(C)C)c1ncccc1F)C2(C)C. The van der Waals surface area contributed by atoms with Gasteiger partial charge in [0, 0.05) is 35.9 Å². The van der Waals surface area contributed by atoms with Crippen molar-refractivity contribution in [1.82, 2.24) is 15.2 Å². The number of nitrogens with one attached hydrogen (secondary N) is 1. The molecule has 2 aromatic rings. The monoisotopic (exact) mass is 839 g/mol. The van der Waals surface area contributed by atoms with Gasteiger partial charge in [-0.2, -0.15) is 0 Å². The zero-order valence-corrected chi connectivity index (χ0v) is 35.6. The smallest absolute Gasteiger partial charge is 0.408 e. The Morgan fingerprint density at radius 3 is 2.37 bits per heavy atom. The predicted molar refractivity (Wildman–Crippen MR) is 211 cm³/mol. The molecule has 1 aromatic carbocycles. The van der Waals surface area contributed by atoms with Crippen LogP contribution >= 0.6 is 0 Å². The van der Waals surface area contributed by atoms with Gasteiger partial charge in [0.25, 0.3) is 0 Å². The van der Waals surface area contributed by atoms with Gasteiger partial charge in [0.15, 0.2) is 12.4 Å². The standard InChI is InChI=1S/C44H58FN3O12/c1-23-26(56-38(51)32(49)31(30-25(45)16-13-19-46-30)47-39(52)60-40(2,3)4)20-44(54)36(59-37(50)24-14-11-10-12-15-24)34-42(7,18-17-27-43(34,53)22-55-27)35-33(29(23)41(44,5)6)57-28(58-35)21-48(8)9/h10-16,19,26-28,31-36,49,53-54H,17-18,20-22H2,1-9H3,(H,47,52)/t26-,27+,28+,31-,32+,33+,34-,35+,36-,42+,43-,44+/m0/s1. The van der Waals surface area contributed by atoms with Crippen LogP contribution in [-0.4, -0.2) is 130 Å². The average molecular weight is 840 g/mol. The van der Waals surface area contributed by atoms with Gasteiger partial charge in [0.2, 0.25) is 0 Å². The molecule has 0 radical (unpaired) electrons. The van der Waals surface area contributed by atoms with Crippen molar-refractivity contribution in [3.63, 3.8) is 0 Å². The van der Waals surface area contributed by atoms with Gasteiger partial charge in [-0.3, -0.25) is 4.98 Å². The van der Waals surface area contributed by atoms with Crippen LogP contribution in [0.25, 0.3) is 0 Å². The number of hydrogen-bond donors (Lipinski definition) is 4. The number of carbonyl (C=O) groups excluding carboxylic acids is 3. The maximum Gasteiger partial charge on any atom is 0.408 e. The number of hydrogen-bond acceptors (Lipinski definition) is 14. The Labute approximate surface area is 349 Å². The topological polar surface area (TPSA) is 195 Å². The van der Waals surface area contributed by atoms with Crippen molar-refractivity contribution in [3.05, 3.63) is 76.9 Å². The molecule has 5 aliphatic rings. The van der Waals surface area contributed by atoms with Crippen LogP contribution in [0.2, 0.25) is 0 Å². The molecule has 7 rings (SSSR count). The van der Waals surface area contributed by atoms with Crippen LogP contribution in [0.5, 0.6) is 0 Å². The van der Waals surface area contributed by atoms with Crippen LogP contribution in [0.3, 0.4) is 0 Å². The lowest BCUT2D eigenvalue weighted by atomic mass is 9.45. The zero-order valence-electron chi connectivity index (χ0n) is 35.6. The minimum atomic E-state index is -2.22. The molecule has 2 bridgehead atoms. The molecular weight excluding hydrogens is 781 g/mol. The van der Waals surface area contributed by atoms with Crippen LogP contribution in [0, 0.1) is 22.6 Å². The Morgan fingerprint density at radius 2 is 1.75 bits per heavy atom. The third-order valence-electron chi connectivity index (χ3n) is 13.3. The van der Waals surface area contributed by atoms with E-state index in [-0.39, 0.29) is 18.6 Å². The molecule has 12 atom stereocenters. The summed E-state index contributed by atoms with van der Waals surface area (Å²) >= 11 is 0. The van der Waals surface area contributed by atoms with Gasteiger partial charge in [-0.25, -0.2) is 18.8 Å². The number of fused-ring (bicyclic) bond motifs is 8. The molecular formula is C44H58FN3O12. The molecule has 60 heavy (non-hydrogen) atoms. The Hall–Kier alpha value is -4.03. The third kappa shape index (κ3) is 7.51. The Balaban J connectivity index is 1.35. The summed E-state index contributed by atoms with van der Waals surface area (Å²) in [4.78, 5) is 47.4. The number of alkyl carbamates (subject to hydrolysis) is 1. The molecule has 1 amide bonds. The first-order valence-electron chi connectivity index (χ1n) is 20.5. The molecule has 3 heterocycles. The van der Waals surface area contributed by atoms with Gasteiger partial charge in [-0.1, -0.05) is 39.0 Å². The minimum Gasteiger partial charge on any atom is -0.456 e. The first-order valence-corrected chi connectivity index (χ1v) is 20.5. The first-order chi connectivity index (χ1) is 28.0. The molecule has 2 saturated carbocycles. The summed E-state index contributed by atoms with van der Waals surface area (Å²) in [5.41, 5.74) is -6.10. The number of ether oxygens (including phenoxy) is 6. The number of nitrogens with zero attached hydrogens (tertiary/aromatic N) is 2. The molecule has 4 N–H and O–H groups in total. The number of benzene rings is 1. The second kappa shape index (κ2) is 15.7. The molecule has 0 unspecified atom stereocenters.